The van der Waals surface area contributed by atoms with Gasteiger partial charge in [0.15, 0.2) is 10.6 Å². The van der Waals surface area contributed by atoms with Crippen LogP contribution in [0.15, 0.2) is 29.4 Å². The summed E-state index contributed by atoms with van der Waals surface area (Å²) in [5.74, 6) is -0.606. The van der Waals surface area contributed by atoms with Crippen LogP contribution in [-0.4, -0.2) is 16.3 Å². The van der Waals surface area contributed by atoms with E-state index >= 15 is 0 Å². The average molecular weight is 416 g/mol. The van der Waals surface area contributed by atoms with Crippen molar-refractivity contribution in [3.63, 3.8) is 0 Å². The lowest BCUT2D eigenvalue weighted by atomic mass is 9.48. The van der Waals surface area contributed by atoms with E-state index in [2.05, 4.69) is 4.99 Å². The van der Waals surface area contributed by atoms with Crippen LogP contribution in [0.1, 0.15) is 39.0 Å². The molecule has 7 heteroatoms. The number of ketones is 1. The van der Waals surface area contributed by atoms with Gasteiger partial charge in [-0.25, -0.2) is 8.78 Å². The van der Waals surface area contributed by atoms with Gasteiger partial charge in [-0.2, -0.15) is 4.99 Å². The molecular formula is C22H22F2N2O2S. The Kier molecular flexibility index (Phi) is 4.35. The van der Waals surface area contributed by atoms with Crippen LogP contribution in [0, 0.1) is 34.8 Å². The van der Waals surface area contributed by atoms with E-state index in [1.54, 1.807) is 10.8 Å². The van der Waals surface area contributed by atoms with E-state index in [1.807, 2.05) is 6.92 Å². The highest BCUT2D eigenvalue weighted by Crippen LogP contribution is 2.58. The van der Waals surface area contributed by atoms with Crippen LogP contribution >= 0.6 is 11.3 Å². The maximum Gasteiger partial charge on any atom is 0.262 e. The zero-order chi connectivity index (χ0) is 20.3. The predicted octanol–water partition coefficient (Wildman–Crippen LogP) is 4.34. The molecule has 0 N–H and O–H groups in total. The number of thiazole rings is 1. The lowest BCUT2D eigenvalue weighted by Gasteiger charge is -2.53. The molecule has 1 amide bonds. The van der Waals surface area contributed by atoms with Gasteiger partial charge >= 0.3 is 0 Å². The average Bonchev–Trinajstić information content (AvgIpc) is 3.07. The highest BCUT2D eigenvalue weighted by molar-refractivity contribution is 7.12. The van der Waals surface area contributed by atoms with Gasteiger partial charge in [-0.15, -0.1) is 0 Å². The van der Waals surface area contributed by atoms with Crippen molar-refractivity contribution in [1.29, 1.82) is 0 Å². The molecule has 4 aliphatic carbocycles. The Balaban J connectivity index is 1.55. The lowest BCUT2D eigenvalue weighted by molar-refractivity contribution is -0.160. The van der Waals surface area contributed by atoms with Gasteiger partial charge in [-0.3, -0.25) is 9.59 Å². The minimum atomic E-state index is -0.953. The molecule has 4 fully saturated rings. The molecule has 4 saturated carbocycles. The smallest absolute Gasteiger partial charge is 0.262 e. The molecule has 0 saturated heterocycles. The summed E-state index contributed by atoms with van der Waals surface area (Å²) >= 11 is 1.19. The molecule has 0 radical (unpaired) electrons. The zero-order valence-corrected chi connectivity index (χ0v) is 17.0. The first kappa shape index (κ1) is 18.9. The summed E-state index contributed by atoms with van der Waals surface area (Å²) in [6.07, 6.45) is 5.95. The summed E-state index contributed by atoms with van der Waals surface area (Å²) in [5.41, 5.74) is -0.676. The van der Waals surface area contributed by atoms with Crippen LogP contribution in [0.2, 0.25) is 0 Å². The number of amides is 1. The maximum atomic E-state index is 14.2. The van der Waals surface area contributed by atoms with Crippen LogP contribution < -0.4 is 4.80 Å². The predicted molar refractivity (Wildman–Crippen MR) is 105 cm³/mol. The van der Waals surface area contributed by atoms with E-state index in [0.29, 0.717) is 40.9 Å². The van der Waals surface area contributed by atoms with E-state index in [1.165, 1.54) is 23.5 Å². The van der Waals surface area contributed by atoms with Crippen molar-refractivity contribution in [3.05, 3.63) is 40.8 Å². The summed E-state index contributed by atoms with van der Waals surface area (Å²) in [6, 6.07) is 3.45. The van der Waals surface area contributed by atoms with E-state index < -0.39 is 17.0 Å². The second-order valence-corrected chi connectivity index (χ2v) is 9.70. The topological polar surface area (TPSA) is 51.4 Å². The summed E-state index contributed by atoms with van der Waals surface area (Å²) < 4.78 is 29.2. The van der Waals surface area contributed by atoms with Crippen LogP contribution in [0.25, 0.3) is 10.4 Å². The van der Waals surface area contributed by atoms with Crippen molar-refractivity contribution in [2.45, 2.75) is 45.6 Å². The number of nitrogens with zero attached hydrogens (tertiary/aromatic N) is 2. The van der Waals surface area contributed by atoms with E-state index in [0.717, 1.165) is 25.3 Å². The molecule has 0 aliphatic heterocycles. The van der Waals surface area contributed by atoms with Gasteiger partial charge in [-0.05, 0) is 63.0 Å². The SMILES string of the molecule is CCn1cc(-c2ccc(F)cc2F)s/c1=N\C(=O)C12CC3CC(CC(C3)C1=O)C2. The largest absolute Gasteiger partial charge is 0.323 e. The second kappa shape index (κ2) is 6.69. The molecule has 1 heterocycles. The van der Waals surface area contributed by atoms with Crippen molar-refractivity contribution in [2.24, 2.45) is 28.2 Å². The highest BCUT2D eigenvalue weighted by Gasteiger charge is 2.60. The van der Waals surface area contributed by atoms with Crippen LogP contribution in [0.3, 0.4) is 0 Å². The number of aromatic nitrogens is 1. The minimum Gasteiger partial charge on any atom is -0.323 e. The molecule has 0 spiro atoms. The Morgan fingerprint density at radius 1 is 1.24 bits per heavy atom. The second-order valence-electron chi connectivity index (χ2n) is 8.70. The number of carbonyl (C=O) groups excluding carboxylic acids is 2. The Hall–Kier alpha value is -2.15. The normalized spacial score (nSPS) is 30.9. The lowest BCUT2D eigenvalue weighted by Crippen LogP contribution is -2.56. The Bertz CT molecular complexity index is 1070. The molecule has 1 aromatic heterocycles. The van der Waals surface area contributed by atoms with E-state index in [9.17, 15) is 18.4 Å². The van der Waals surface area contributed by atoms with Crippen molar-refractivity contribution >= 4 is 23.0 Å². The molecule has 2 unspecified atom stereocenters. The summed E-state index contributed by atoms with van der Waals surface area (Å²) in [5, 5.41) is 0. The minimum absolute atomic E-state index is 0.0194. The number of aryl methyl sites for hydroxylation is 1. The number of rotatable bonds is 3. The first-order chi connectivity index (χ1) is 13.9. The van der Waals surface area contributed by atoms with Gasteiger partial charge in [0.1, 0.15) is 17.0 Å². The van der Waals surface area contributed by atoms with Gasteiger partial charge in [-0.1, -0.05) is 11.3 Å². The molecular weight excluding hydrogens is 394 g/mol. The van der Waals surface area contributed by atoms with Gasteiger partial charge < -0.3 is 4.57 Å². The third kappa shape index (κ3) is 2.93. The molecule has 1 aromatic carbocycles. The van der Waals surface area contributed by atoms with Crippen LogP contribution in [0.5, 0.6) is 0 Å². The standard InChI is InChI=1S/C22H22F2N2O2S/c1-2-26-11-18(16-4-3-15(23)8-17(16)24)29-21(26)25-20(28)22-9-12-5-13(10-22)7-14(6-12)19(22)27/h3-4,8,11-14H,2,5-7,9-10H2,1H3/b25-21-. The van der Waals surface area contributed by atoms with Crippen molar-refractivity contribution in [3.8, 4) is 10.4 Å². The first-order valence-electron chi connectivity index (χ1n) is 10.2. The third-order valence-electron chi connectivity index (χ3n) is 6.88. The highest BCUT2D eigenvalue weighted by atomic mass is 32.1. The number of halogens is 2. The summed E-state index contributed by atoms with van der Waals surface area (Å²) in [4.78, 5) is 31.7. The number of carbonyl (C=O) groups is 2. The number of benzene rings is 1. The fraction of sp³-hybridized carbons (Fsp3) is 0.500. The maximum absolute atomic E-state index is 14.2. The van der Waals surface area contributed by atoms with E-state index in [4.69, 9.17) is 0 Å². The molecule has 2 aromatic rings. The molecule has 2 atom stereocenters. The fourth-order valence-corrected chi connectivity index (χ4v) is 6.83. The van der Waals surface area contributed by atoms with Crippen LogP contribution in [0.4, 0.5) is 8.78 Å². The molecule has 4 bridgehead atoms. The monoisotopic (exact) mass is 416 g/mol. The molecule has 4 nitrogen and oxygen atoms in total. The van der Waals surface area contributed by atoms with Crippen molar-refractivity contribution < 1.29 is 18.4 Å². The quantitative estimate of drug-likeness (QED) is 0.699. The molecule has 6 rings (SSSR count). The summed E-state index contributed by atoms with van der Waals surface area (Å²) in [6.45, 7) is 2.47. The van der Waals surface area contributed by atoms with E-state index in [-0.39, 0.29) is 23.2 Å². The van der Waals surface area contributed by atoms with Gasteiger partial charge in [0.25, 0.3) is 5.91 Å². The Labute approximate surface area is 171 Å². The molecule has 152 valence electrons. The zero-order valence-electron chi connectivity index (χ0n) is 16.2. The van der Waals surface area contributed by atoms with Gasteiger partial charge in [0.05, 0.1) is 4.88 Å². The van der Waals surface area contributed by atoms with Gasteiger partial charge in [0, 0.05) is 30.3 Å². The van der Waals surface area contributed by atoms with Gasteiger partial charge in [0.2, 0.25) is 0 Å². The number of Topliss-reactive ketones (excluding diaryl/α,β-unsaturated/α-hetero) is 1. The number of hydrogen-bond acceptors (Lipinski definition) is 3. The molecule has 29 heavy (non-hydrogen) atoms. The fourth-order valence-electron chi connectivity index (χ4n) is 5.75. The Morgan fingerprint density at radius 3 is 2.62 bits per heavy atom. The van der Waals surface area contributed by atoms with Crippen molar-refractivity contribution in [1.82, 2.24) is 4.57 Å². The van der Waals surface area contributed by atoms with Crippen molar-refractivity contribution in [2.75, 3.05) is 0 Å². The molecule has 4 aliphatic rings. The Morgan fingerprint density at radius 2 is 1.97 bits per heavy atom. The number of hydrogen-bond donors (Lipinski definition) is 0. The first-order valence-corrected chi connectivity index (χ1v) is 11.0. The summed E-state index contributed by atoms with van der Waals surface area (Å²) in [7, 11) is 0. The third-order valence-corrected chi connectivity index (χ3v) is 7.94. The van der Waals surface area contributed by atoms with Crippen LogP contribution in [-0.2, 0) is 16.1 Å².